The van der Waals surface area contributed by atoms with Crippen molar-refractivity contribution in [2.45, 2.75) is 37.5 Å². The number of benzene rings is 7. The molecule has 5 aliphatic rings. The largest absolute Gasteiger partial charge is 0.456 e. The van der Waals surface area contributed by atoms with Crippen LogP contribution < -0.4 is 0 Å². The summed E-state index contributed by atoms with van der Waals surface area (Å²) in [7, 11) is 0. The van der Waals surface area contributed by atoms with Crippen molar-refractivity contribution in [2.24, 2.45) is 23.7 Å². The lowest BCUT2D eigenvalue weighted by Gasteiger charge is -2.61. The van der Waals surface area contributed by atoms with E-state index in [2.05, 4.69) is 146 Å². The van der Waals surface area contributed by atoms with Crippen LogP contribution in [-0.4, -0.2) is 0 Å². The zero-order valence-electron chi connectivity index (χ0n) is 30.0. The molecule has 4 bridgehead atoms. The molecule has 54 heavy (non-hydrogen) atoms. The second-order valence-corrected chi connectivity index (χ2v) is 17.8. The standard InChI is InChI=1S/C52H38OS/c1-3-17-44-40(9-1)48-36(12-7-18-45(48)53-44)32-21-23-33(24-22-32)37-11-5-15-42-50(37)51-39(38-14-8-20-47-49(38)41-10-2-4-19-46(41)54-47)13-6-16-43(51)52(42)34-26-30-25-31(28-34)29-35(52)27-30/h1-24,30-31,34-35H,25-29H2. The predicted octanol–water partition coefficient (Wildman–Crippen LogP) is 14.7. The van der Waals surface area contributed by atoms with Gasteiger partial charge in [-0.1, -0.05) is 121 Å². The van der Waals surface area contributed by atoms with Crippen LogP contribution >= 0.6 is 11.3 Å². The summed E-state index contributed by atoms with van der Waals surface area (Å²) in [6.07, 6.45) is 6.99. The SMILES string of the molecule is c1cc(-c2ccc(-c3cccc4oc5ccccc5c34)cc2)c2c(c1)C1(c3cccc(-c4cccc5sc6ccccc6c45)c3-2)C2CC3CC(C2)CC1C3. The third-order valence-corrected chi connectivity index (χ3v) is 15.4. The van der Waals surface area contributed by atoms with Crippen molar-refractivity contribution in [3.63, 3.8) is 0 Å². The molecule has 0 aliphatic heterocycles. The molecule has 2 heteroatoms. The topological polar surface area (TPSA) is 13.1 Å². The van der Waals surface area contributed by atoms with Crippen molar-refractivity contribution in [3.8, 4) is 44.5 Å². The highest BCUT2D eigenvalue weighted by molar-refractivity contribution is 7.25. The summed E-state index contributed by atoms with van der Waals surface area (Å²) in [5.41, 5.74) is 16.1. The van der Waals surface area contributed by atoms with E-state index in [0.717, 1.165) is 23.0 Å². The van der Waals surface area contributed by atoms with Gasteiger partial charge in [0.15, 0.2) is 0 Å². The molecule has 258 valence electrons. The van der Waals surface area contributed by atoms with E-state index < -0.39 is 0 Å². The maximum atomic E-state index is 6.28. The minimum absolute atomic E-state index is 0.0899. The van der Waals surface area contributed by atoms with Crippen LogP contribution in [0.25, 0.3) is 86.6 Å². The van der Waals surface area contributed by atoms with Crippen molar-refractivity contribution in [2.75, 3.05) is 0 Å². The normalized spacial score (nSPS) is 23.6. The van der Waals surface area contributed by atoms with E-state index in [1.807, 2.05) is 11.3 Å². The van der Waals surface area contributed by atoms with Crippen LogP contribution in [-0.2, 0) is 5.41 Å². The van der Waals surface area contributed by atoms with Gasteiger partial charge >= 0.3 is 0 Å². The Labute approximate surface area is 318 Å². The summed E-state index contributed by atoms with van der Waals surface area (Å²) < 4.78 is 9.02. The van der Waals surface area contributed by atoms with Crippen molar-refractivity contribution >= 4 is 53.4 Å². The van der Waals surface area contributed by atoms with Crippen LogP contribution in [0, 0.1) is 23.7 Å². The highest BCUT2D eigenvalue weighted by atomic mass is 32.1. The number of furan rings is 1. The molecular formula is C52H38OS. The minimum atomic E-state index is 0.0899. The number of hydrogen-bond donors (Lipinski definition) is 0. The summed E-state index contributed by atoms with van der Waals surface area (Å²) in [6.45, 7) is 0. The van der Waals surface area contributed by atoms with E-state index in [9.17, 15) is 0 Å². The smallest absolute Gasteiger partial charge is 0.136 e. The molecule has 2 heterocycles. The summed E-state index contributed by atoms with van der Waals surface area (Å²) in [5, 5.41) is 5.14. The van der Waals surface area contributed by atoms with Crippen molar-refractivity contribution < 1.29 is 4.42 Å². The number of rotatable bonds is 3. The monoisotopic (exact) mass is 710 g/mol. The lowest BCUT2D eigenvalue weighted by Crippen LogP contribution is -2.55. The lowest BCUT2D eigenvalue weighted by molar-refractivity contribution is -0.0399. The first-order valence-corrected chi connectivity index (χ1v) is 20.7. The van der Waals surface area contributed by atoms with Gasteiger partial charge < -0.3 is 4.42 Å². The van der Waals surface area contributed by atoms with Gasteiger partial charge in [-0.2, -0.15) is 0 Å². The molecule has 7 aromatic carbocycles. The Morgan fingerprint density at radius 2 is 0.981 bits per heavy atom. The van der Waals surface area contributed by atoms with Crippen LogP contribution in [0.15, 0.2) is 150 Å². The van der Waals surface area contributed by atoms with Crippen LogP contribution in [0.1, 0.15) is 43.2 Å². The molecule has 9 aromatic rings. The summed E-state index contributed by atoms with van der Waals surface area (Å²) >= 11 is 1.92. The van der Waals surface area contributed by atoms with Gasteiger partial charge in [-0.15, -0.1) is 11.3 Å². The second-order valence-electron chi connectivity index (χ2n) is 16.8. The summed E-state index contributed by atoms with van der Waals surface area (Å²) in [5.74, 6) is 3.24. The van der Waals surface area contributed by atoms with Gasteiger partial charge in [0.2, 0.25) is 0 Å². The molecule has 0 atom stereocenters. The highest BCUT2D eigenvalue weighted by Crippen LogP contribution is 2.71. The van der Waals surface area contributed by atoms with Crippen molar-refractivity contribution in [1.82, 2.24) is 0 Å². The third kappa shape index (κ3) is 3.84. The van der Waals surface area contributed by atoms with E-state index in [4.69, 9.17) is 4.42 Å². The summed E-state index contributed by atoms with van der Waals surface area (Å²) in [6, 6.07) is 55.0. The van der Waals surface area contributed by atoms with E-state index >= 15 is 0 Å². The van der Waals surface area contributed by atoms with E-state index in [1.54, 1.807) is 11.1 Å². The quantitative estimate of drug-likeness (QED) is 0.178. The van der Waals surface area contributed by atoms with Gasteiger partial charge in [-0.05, 0) is 136 Å². The molecule has 0 radical (unpaired) electrons. The van der Waals surface area contributed by atoms with Gasteiger partial charge in [-0.3, -0.25) is 0 Å². The lowest BCUT2D eigenvalue weighted by atomic mass is 9.43. The minimum Gasteiger partial charge on any atom is -0.456 e. The Morgan fingerprint density at radius 1 is 0.426 bits per heavy atom. The zero-order chi connectivity index (χ0) is 35.1. The first kappa shape index (κ1) is 29.9. The van der Waals surface area contributed by atoms with E-state index in [1.165, 1.54) is 108 Å². The van der Waals surface area contributed by atoms with Crippen LogP contribution in [0.5, 0.6) is 0 Å². The Hall–Kier alpha value is -5.44. The molecular weight excluding hydrogens is 673 g/mol. The molecule has 1 spiro atoms. The predicted molar refractivity (Wildman–Crippen MR) is 226 cm³/mol. The number of fused-ring (bicyclic) bond motifs is 9. The Kier molecular flexibility index (Phi) is 6.01. The molecule has 2 aromatic heterocycles. The first-order chi connectivity index (χ1) is 26.7. The molecule has 4 saturated carbocycles. The maximum absolute atomic E-state index is 6.28. The molecule has 0 saturated heterocycles. The van der Waals surface area contributed by atoms with Crippen molar-refractivity contribution in [3.05, 3.63) is 157 Å². The molecule has 4 fully saturated rings. The number of hydrogen-bond acceptors (Lipinski definition) is 2. The molecule has 14 rings (SSSR count). The fourth-order valence-corrected chi connectivity index (χ4v) is 13.7. The molecule has 0 amide bonds. The Bertz CT molecular complexity index is 2980. The van der Waals surface area contributed by atoms with Gasteiger partial charge in [0.05, 0.1) is 0 Å². The van der Waals surface area contributed by atoms with Crippen LogP contribution in [0.2, 0.25) is 0 Å². The molecule has 5 aliphatic carbocycles. The van der Waals surface area contributed by atoms with Gasteiger partial charge in [0.25, 0.3) is 0 Å². The fourth-order valence-electron chi connectivity index (χ4n) is 12.6. The first-order valence-electron chi connectivity index (χ1n) is 19.9. The molecule has 1 nitrogen and oxygen atoms in total. The average Bonchev–Trinajstić information content (AvgIpc) is 3.88. The van der Waals surface area contributed by atoms with Gasteiger partial charge in [0.1, 0.15) is 11.2 Å². The second kappa shape index (κ2) is 10.8. The highest BCUT2D eigenvalue weighted by Gasteiger charge is 2.62. The van der Waals surface area contributed by atoms with Crippen LogP contribution in [0.3, 0.4) is 0 Å². The fraction of sp³-hybridized carbons (Fsp3) is 0.192. The Balaban J connectivity index is 1.05. The van der Waals surface area contributed by atoms with Crippen molar-refractivity contribution in [1.29, 1.82) is 0 Å². The van der Waals surface area contributed by atoms with E-state index in [-0.39, 0.29) is 5.41 Å². The maximum Gasteiger partial charge on any atom is 0.136 e. The van der Waals surface area contributed by atoms with Crippen LogP contribution in [0.4, 0.5) is 0 Å². The van der Waals surface area contributed by atoms with E-state index in [0.29, 0.717) is 11.8 Å². The average molecular weight is 711 g/mol. The van der Waals surface area contributed by atoms with Gasteiger partial charge in [0, 0.05) is 36.4 Å². The molecule has 0 N–H and O–H groups in total. The third-order valence-electron chi connectivity index (χ3n) is 14.3. The zero-order valence-corrected chi connectivity index (χ0v) is 30.8. The number of thiophene rings is 1. The Morgan fingerprint density at radius 3 is 1.76 bits per heavy atom. The summed E-state index contributed by atoms with van der Waals surface area (Å²) in [4.78, 5) is 0. The molecule has 0 unspecified atom stereocenters. The number of para-hydroxylation sites is 1. The van der Waals surface area contributed by atoms with Gasteiger partial charge in [-0.25, -0.2) is 0 Å².